The van der Waals surface area contributed by atoms with Crippen LogP contribution in [0.15, 0.2) is 66.7 Å². The van der Waals surface area contributed by atoms with Crippen molar-refractivity contribution in [1.82, 2.24) is 15.1 Å². The van der Waals surface area contributed by atoms with Crippen molar-refractivity contribution in [3.63, 3.8) is 0 Å². The number of aromatic amines is 1. The van der Waals surface area contributed by atoms with Gasteiger partial charge in [-0.1, -0.05) is 60.7 Å². The molecule has 0 unspecified atom stereocenters. The molecule has 0 aliphatic heterocycles. The Balaban J connectivity index is 1.65. The van der Waals surface area contributed by atoms with Crippen LogP contribution in [0.1, 0.15) is 22.5 Å². The van der Waals surface area contributed by atoms with Gasteiger partial charge in [0.15, 0.2) is 0 Å². The summed E-state index contributed by atoms with van der Waals surface area (Å²) >= 11 is 0. The van der Waals surface area contributed by atoms with Crippen molar-refractivity contribution in [2.45, 2.75) is 12.8 Å². The lowest BCUT2D eigenvalue weighted by Crippen LogP contribution is -2.35. The lowest BCUT2D eigenvalue weighted by atomic mass is 10.1. The number of rotatable bonds is 9. The van der Waals surface area contributed by atoms with Gasteiger partial charge in [0, 0.05) is 25.8 Å². The normalized spacial score (nSPS) is 10.7. The summed E-state index contributed by atoms with van der Waals surface area (Å²) < 4.78 is 5.18. The van der Waals surface area contributed by atoms with Crippen LogP contribution >= 0.6 is 0 Å². The third-order valence-electron chi connectivity index (χ3n) is 4.47. The number of carbonyl (C=O) groups is 1. The zero-order valence-corrected chi connectivity index (χ0v) is 15.6. The van der Waals surface area contributed by atoms with Gasteiger partial charge in [-0.3, -0.25) is 9.89 Å². The number of carbonyl (C=O) groups excluding carboxylic acids is 1. The third-order valence-corrected chi connectivity index (χ3v) is 4.47. The second-order valence-electron chi connectivity index (χ2n) is 6.41. The van der Waals surface area contributed by atoms with Gasteiger partial charge in [-0.15, -0.1) is 0 Å². The average Bonchev–Trinajstić information content (AvgIpc) is 3.22. The first-order chi connectivity index (χ1) is 13.3. The molecule has 3 rings (SSSR count). The van der Waals surface area contributed by atoms with Crippen LogP contribution in [0.5, 0.6) is 0 Å². The fraction of sp³-hybridized carbons (Fsp3) is 0.273. The second kappa shape index (κ2) is 9.69. The van der Waals surface area contributed by atoms with Crippen molar-refractivity contribution in [1.29, 1.82) is 0 Å². The molecule has 3 aromatic rings. The predicted molar refractivity (Wildman–Crippen MR) is 107 cm³/mol. The van der Waals surface area contributed by atoms with Crippen LogP contribution in [-0.2, 0) is 11.2 Å². The minimum Gasteiger partial charge on any atom is -0.383 e. The molecule has 0 radical (unpaired) electrons. The fourth-order valence-electron chi connectivity index (χ4n) is 2.99. The summed E-state index contributed by atoms with van der Waals surface area (Å²) in [6.07, 6.45) is 1.84. The molecule has 0 bridgehead atoms. The van der Waals surface area contributed by atoms with E-state index in [2.05, 4.69) is 22.3 Å². The van der Waals surface area contributed by atoms with E-state index in [9.17, 15) is 4.79 Å². The molecule has 0 spiro atoms. The molecule has 140 valence electrons. The highest BCUT2D eigenvalue weighted by Crippen LogP contribution is 2.18. The lowest BCUT2D eigenvalue weighted by molar-refractivity contribution is 0.0687. The van der Waals surface area contributed by atoms with E-state index in [1.54, 1.807) is 7.11 Å². The van der Waals surface area contributed by atoms with Gasteiger partial charge in [-0.2, -0.15) is 5.10 Å². The molecule has 0 atom stereocenters. The highest BCUT2D eigenvalue weighted by Gasteiger charge is 2.18. The summed E-state index contributed by atoms with van der Waals surface area (Å²) in [5.74, 6) is -0.0465. The number of hydrogen-bond donors (Lipinski definition) is 1. The van der Waals surface area contributed by atoms with Gasteiger partial charge < -0.3 is 9.64 Å². The Labute approximate surface area is 160 Å². The van der Waals surface area contributed by atoms with Crippen molar-refractivity contribution < 1.29 is 9.53 Å². The van der Waals surface area contributed by atoms with Crippen molar-refractivity contribution >= 4 is 5.91 Å². The summed E-state index contributed by atoms with van der Waals surface area (Å²) in [4.78, 5) is 14.8. The van der Waals surface area contributed by atoms with Crippen LogP contribution in [0, 0.1) is 0 Å². The van der Waals surface area contributed by atoms with Gasteiger partial charge in [0.1, 0.15) is 5.69 Å². The van der Waals surface area contributed by atoms with E-state index in [4.69, 9.17) is 4.74 Å². The van der Waals surface area contributed by atoms with E-state index in [0.717, 1.165) is 24.1 Å². The van der Waals surface area contributed by atoms with Crippen molar-refractivity contribution in [3.05, 3.63) is 78.0 Å². The second-order valence-corrected chi connectivity index (χ2v) is 6.41. The molecule has 5 heteroatoms. The summed E-state index contributed by atoms with van der Waals surface area (Å²) in [6.45, 7) is 1.75. The molecule has 27 heavy (non-hydrogen) atoms. The molecular weight excluding hydrogens is 338 g/mol. The summed E-state index contributed by atoms with van der Waals surface area (Å²) in [7, 11) is 1.65. The van der Waals surface area contributed by atoms with E-state index in [-0.39, 0.29) is 5.91 Å². The van der Waals surface area contributed by atoms with E-state index >= 15 is 0 Å². The van der Waals surface area contributed by atoms with Crippen LogP contribution in [0.25, 0.3) is 11.3 Å². The number of ether oxygens (including phenoxy) is 1. The van der Waals surface area contributed by atoms with Crippen LogP contribution in [0.2, 0.25) is 0 Å². The molecule has 1 amide bonds. The molecule has 1 aromatic heterocycles. The Morgan fingerprint density at radius 2 is 1.74 bits per heavy atom. The van der Waals surface area contributed by atoms with E-state index < -0.39 is 0 Å². The number of nitrogens with one attached hydrogen (secondary N) is 1. The Morgan fingerprint density at radius 1 is 1.04 bits per heavy atom. The fourth-order valence-corrected chi connectivity index (χ4v) is 2.99. The number of nitrogens with zero attached hydrogens (tertiary/aromatic N) is 2. The van der Waals surface area contributed by atoms with Gasteiger partial charge in [0.2, 0.25) is 0 Å². The summed E-state index contributed by atoms with van der Waals surface area (Å²) in [6, 6.07) is 22.0. The number of H-pyrrole nitrogens is 1. The number of hydrogen-bond acceptors (Lipinski definition) is 3. The Hall–Kier alpha value is -2.92. The Bertz CT molecular complexity index is 831. The van der Waals surface area contributed by atoms with Crippen LogP contribution < -0.4 is 0 Å². The zero-order chi connectivity index (χ0) is 18.9. The number of benzene rings is 2. The van der Waals surface area contributed by atoms with E-state index in [1.165, 1.54) is 5.56 Å². The zero-order valence-electron chi connectivity index (χ0n) is 15.6. The molecule has 0 aliphatic carbocycles. The topological polar surface area (TPSA) is 58.2 Å². The van der Waals surface area contributed by atoms with Gasteiger partial charge in [0.25, 0.3) is 5.91 Å². The van der Waals surface area contributed by atoms with Crippen molar-refractivity contribution in [2.75, 3.05) is 26.8 Å². The van der Waals surface area contributed by atoms with Gasteiger partial charge in [-0.05, 0) is 24.5 Å². The monoisotopic (exact) mass is 363 g/mol. The molecule has 0 aliphatic rings. The average molecular weight is 363 g/mol. The molecule has 1 N–H and O–H groups in total. The Morgan fingerprint density at radius 3 is 2.44 bits per heavy atom. The maximum Gasteiger partial charge on any atom is 0.271 e. The molecule has 0 fully saturated rings. The van der Waals surface area contributed by atoms with Crippen molar-refractivity contribution in [3.8, 4) is 11.3 Å². The number of aryl methyl sites for hydroxylation is 1. The number of aromatic nitrogens is 2. The largest absolute Gasteiger partial charge is 0.383 e. The first kappa shape index (κ1) is 18.9. The highest BCUT2D eigenvalue weighted by atomic mass is 16.5. The molecular formula is C22H25N3O2. The van der Waals surface area contributed by atoms with Crippen LogP contribution in [-0.4, -0.2) is 47.8 Å². The van der Waals surface area contributed by atoms with E-state index in [1.807, 2.05) is 59.5 Å². The predicted octanol–water partition coefficient (Wildman–Crippen LogP) is 3.80. The standard InChI is InChI=1S/C22H25N3O2/c1-27-16-15-25(14-8-11-18-9-4-2-5-10-18)22(26)21-17-20(23-24-21)19-12-6-3-7-13-19/h2-7,9-10,12-13,17H,8,11,14-16H2,1H3,(H,23,24). The van der Waals surface area contributed by atoms with Gasteiger partial charge in [0.05, 0.1) is 12.3 Å². The van der Waals surface area contributed by atoms with Gasteiger partial charge in [-0.25, -0.2) is 0 Å². The van der Waals surface area contributed by atoms with Crippen molar-refractivity contribution in [2.24, 2.45) is 0 Å². The smallest absolute Gasteiger partial charge is 0.271 e. The maximum atomic E-state index is 12.9. The maximum absolute atomic E-state index is 12.9. The summed E-state index contributed by atoms with van der Waals surface area (Å²) in [5.41, 5.74) is 3.55. The highest BCUT2D eigenvalue weighted by molar-refractivity contribution is 5.93. The van der Waals surface area contributed by atoms with Crippen LogP contribution in [0.4, 0.5) is 0 Å². The van der Waals surface area contributed by atoms with Crippen LogP contribution in [0.3, 0.4) is 0 Å². The first-order valence-electron chi connectivity index (χ1n) is 9.21. The molecule has 2 aromatic carbocycles. The minimum absolute atomic E-state index is 0.0465. The van der Waals surface area contributed by atoms with E-state index in [0.29, 0.717) is 25.4 Å². The lowest BCUT2D eigenvalue weighted by Gasteiger charge is -2.21. The SMILES string of the molecule is COCCN(CCCc1ccccc1)C(=O)c1cc(-c2ccccc2)n[nH]1. The number of methoxy groups -OCH3 is 1. The Kier molecular flexibility index (Phi) is 6.77. The third kappa shape index (κ3) is 5.28. The van der Waals surface area contributed by atoms with Gasteiger partial charge >= 0.3 is 0 Å². The molecule has 5 nitrogen and oxygen atoms in total. The molecule has 1 heterocycles. The minimum atomic E-state index is -0.0465. The first-order valence-corrected chi connectivity index (χ1v) is 9.21. The molecule has 0 saturated carbocycles. The quantitative estimate of drug-likeness (QED) is 0.629. The number of amides is 1. The summed E-state index contributed by atoms with van der Waals surface area (Å²) in [5, 5.41) is 7.18. The molecule has 0 saturated heterocycles.